The summed E-state index contributed by atoms with van der Waals surface area (Å²) in [6.45, 7) is 4.32. The summed E-state index contributed by atoms with van der Waals surface area (Å²) in [6.07, 6.45) is 0.744. The third kappa shape index (κ3) is 3.45. The van der Waals surface area contributed by atoms with Crippen LogP contribution in [0.4, 0.5) is 4.79 Å². The Morgan fingerprint density at radius 3 is 2.00 bits per heavy atom. The minimum Gasteiger partial charge on any atom is -0.493 e. The Labute approximate surface area is 169 Å². The molecule has 1 aromatic carbocycles. The van der Waals surface area contributed by atoms with Crippen molar-refractivity contribution in [1.29, 1.82) is 0 Å². The van der Waals surface area contributed by atoms with Gasteiger partial charge in [0.15, 0.2) is 11.5 Å². The van der Waals surface area contributed by atoms with Crippen molar-refractivity contribution >= 4 is 17.8 Å². The Balaban J connectivity index is 1.78. The molecule has 0 unspecified atom stereocenters. The molecule has 1 N–H and O–H groups in total. The number of imide groups is 1. The number of nitrogens with one attached hydrogen (secondary N) is 1. The highest BCUT2D eigenvalue weighted by Gasteiger charge is 2.53. The number of hydrogen-bond donors (Lipinski definition) is 1. The highest BCUT2D eigenvalue weighted by molar-refractivity contribution is 6.07. The van der Waals surface area contributed by atoms with Crippen LogP contribution in [0.15, 0.2) is 12.1 Å². The number of methoxy groups -OCH3 is 3. The van der Waals surface area contributed by atoms with Gasteiger partial charge in [0.05, 0.1) is 21.3 Å². The molecule has 2 aliphatic rings. The molecule has 29 heavy (non-hydrogen) atoms. The molecule has 2 fully saturated rings. The highest BCUT2D eigenvalue weighted by atomic mass is 16.5. The molecule has 2 aliphatic heterocycles. The molecular formula is C20H27N3O6. The third-order valence-corrected chi connectivity index (χ3v) is 5.53. The second-order valence-electron chi connectivity index (χ2n) is 7.49. The Bertz CT molecular complexity index is 805. The lowest BCUT2D eigenvalue weighted by Crippen LogP contribution is -2.56. The maximum absolute atomic E-state index is 13.0. The van der Waals surface area contributed by atoms with Crippen LogP contribution in [0.1, 0.15) is 37.0 Å². The van der Waals surface area contributed by atoms with E-state index in [9.17, 15) is 14.4 Å². The fourth-order valence-corrected chi connectivity index (χ4v) is 3.93. The Morgan fingerprint density at radius 2 is 1.59 bits per heavy atom. The second-order valence-corrected chi connectivity index (χ2v) is 7.49. The van der Waals surface area contributed by atoms with E-state index in [0.717, 1.165) is 0 Å². The van der Waals surface area contributed by atoms with Crippen LogP contribution < -0.4 is 19.5 Å². The van der Waals surface area contributed by atoms with Crippen LogP contribution in [0.2, 0.25) is 0 Å². The molecule has 9 heteroatoms. The van der Waals surface area contributed by atoms with Crippen molar-refractivity contribution in [3.63, 3.8) is 0 Å². The molecule has 158 valence electrons. The summed E-state index contributed by atoms with van der Waals surface area (Å²) in [6, 6.07) is 2.64. The standard InChI is InChI=1S/C20H27N3O6/c1-12(2)23-18(25)20(21-19(23)26)6-8-22(9-7-20)17(24)13-10-14(27-3)16(29-5)15(11-13)28-4/h10-12H,6-9H2,1-5H3,(H,21,26). The molecule has 1 aromatic rings. The first-order chi connectivity index (χ1) is 13.8. The number of benzene rings is 1. The second kappa shape index (κ2) is 7.81. The number of likely N-dealkylation sites (tertiary alicyclic amines) is 1. The van der Waals surface area contributed by atoms with Gasteiger partial charge in [-0.15, -0.1) is 0 Å². The van der Waals surface area contributed by atoms with Crippen molar-refractivity contribution in [2.24, 2.45) is 0 Å². The summed E-state index contributed by atoms with van der Waals surface area (Å²) in [5, 5.41) is 2.84. The monoisotopic (exact) mass is 405 g/mol. The van der Waals surface area contributed by atoms with Gasteiger partial charge in [-0.05, 0) is 38.8 Å². The summed E-state index contributed by atoms with van der Waals surface area (Å²) < 4.78 is 15.9. The van der Waals surface area contributed by atoms with E-state index in [-0.39, 0.29) is 23.9 Å². The molecule has 2 heterocycles. The maximum atomic E-state index is 13.0. The zero-order chi connectivity index (χ0) is 21.3. The van der Waals surface area contributed by atoms with Crippen LogP contribution in [-0.4, -0.2) is 73.6 Å². The average Bonchev–Trinajstić information content (AvgIpc) is 2.96. The van der Waals surface area contributed by atoms with Crippen LogP contribution in [0.25, 0.3) is 0 Å². The van der Waals surface area contributed by atoms with E-state index in [4.69, 9.17) is 14.2 Å². The summed E-state index contributed by atoms with van der Waals surface area (Å²) in [7, 11) is 4.48. The summed E-state index contributed by atoms with van der Waals surface area (Å²) in [5.41, 5.74) is -0.519. The summed E-state index contributed by atoms with van der Waals surface area (Å²) >= 11 is 0. The van der Waals surface area contributed by atoms with E-state index in [1.54, 1.807) is 30.9 Å². The van der Waals surface area contributed by atoms with Gasteiger partial charge in [-0.1, -0.05) is 0 Å². The average molecular weight is 405 g/mol. The number of hydrogen-bond acceptors (Lipinski definition) is 6. The van der Waals surface area contributed by atoms with Crippen molar-refractivity contribution in [2.45, 2.75) is 38.3 Å². The van der Waals surface area contributed by atoms with Gasteiger partial charge in [0.1, 0.15) is 5.54 Å². The third-order valence-electron chi connectivity index (χ3n) is 5.53. The quantitative estimate of drug-likeness (QED) is 0.748. The van der Waals surface area contributed by atoms with Crippen molar-refractivity contribution in [3.05, 3.63) is 17.7 Å². The van der Waals surface area contributed by atoms with Gasteiger partial charge in [0.2, 0.25) is 5.75 Å². The van der Waals surface area contributed by atoms with Crippen LogP contribution >= 0.6 is 0 Å². The number of carbonyl (C=O) groups is 3. The Morgan fingerprint density at radius 1 is 1.03 bits per heavy atom. The molecule has 3 rings (SSSR count). The predicted molar refractivity (Wildman–Crippen MR) is 104 cm³/mol. The highest BCUT2D eigenvalue weighted by Crippen LogP contribution is 2.39. The molecule has 0 saturated carbocycles. The number of carbonyl (C=O) groups excluding carboxylic acids is 3. The maximum Gasteiger partial charge on any atom is 0.325 e. The zero-order valence-corrected chi connectivity index (χ0v) is 17.4. The van der Waals surface area contributed by atoms with E-state index < -0.39 is 5.54 Å². The SMILES string of the molecule is COc1cc(C(=O)N2CCC3(CC2)NC(=O)N(C(C)C)C3=O)cc(OC)c1OC. The Kier molecular flexibility index (Phi) is 5.59. The number of rotatable bonds is 5. The lowest BCUT2D eigenvalue weighted by molar-refractivity contribution is -0.133. The van der Waals surface area contributed by atoms with Crippen molar-refractivity contribution in [1.82, 2.24) is 15.1 Å². The summed E-state index contributed by atoms with van der Waals surface area (Å²) in [5.74, 6) is 0.801. The lowest BCUT2D eigenvalue weighted by Gasteiger charge is -2.37. The van der Waals surface area contributed by atoms with Gasteiger partial charge >= 0.3 is 6.03 Å². The molecule has 4 amide bonds. The van der Waals surface area contributed by atoms with Crippen LogP contribution in [0, 0.1) is 0 Å². The fourth-order valence-electron chi connectivity index (χ4n) is 3.93. The smallest absolute Gasteiger partial charge is 0.325 e. The molecule has 0 aliphatic carbocycles. The fraction of sp³-hybridized carbons (Fsp3) is 0.550. The topological polar surface area (TPSA) is 97.4 Å². The number of amides is 4. The number of urea groups is 1. The van der Waals surface area contributed by atoms with Crippen molar-refractivity contribution in [3.8, 4) is 17.2 Å². The van der Waals surface area contributed by atoms with E-state index >= 15 is 0 Å². The van der Waals surface area contributed by atoms with Gasteiger partial charge in [0, 0.05) is 24.7 Å². The normalized spacial score (nSPS) is 18.3. The zero-order valence-electron chi connectivity index (χ0n) is 17.4. The lowest BCUT2D eigenvalue weighted by atomic mass is 9.87. The van der Waals surface area contributed by atoms with Gasteiger partial charge in [-0.2, -0.15) is 0 Å². The molecule has 0 aromatic heterocycles. The van der Waals surface area contributed by atoms with Crippen molar-refractivity contribution < 1.29 is 28.6 Å². The van der Waals surface area contributed by atoms with E-state index in [1.807, 2.05) is 0 Å². The first kappa shape index (κ1) is 20.8. The molecule has 0 radical (unpaired) electrons. The van der Waals surface area contributed by atoms with Crippen molar-refractivity contribution in [2.75, 3.05) is 34.4 Å². The van der Waals surface area contributed by atoms with Gasteiger partial charge in [-0.25, -0.2) is 4.79 Å². The number of piperidine rings is 1. The van der Waals surface area contributed by atoms with Crippen LogP contribution in [0.5, 0.6) is 17.2 Å². The van der Waals surface area contributed by atoms with Gasteiger partial charge in [0.25, 0.3) is 11.8 Å². The minimum absolute atomic E-state index is 0.198. The molecule has 0 atom stereocenters. The van der Waals surface area contributed by atoms with E-state index in [1.165, 1.54) is 26.2 Å². The Hall–Kier alpha value is -2.97. The molecule has 2 saturated heterocycles. The first-order valence-electron chi connectivity index (χ1n) is 9.53. The van der Waals surface area contributed by atoms with E-state index in [2.05, 4.69) is 5.32 Å². The van der Waals surface area contributed by atoms with Gasteiger partial charge in [-0.3, -0.25) is 14.5 Å². The minimum atomic E-state index is -0.923. The van der Waals surface area contributed by atoms with E-state index in [0.29, 0.717) is 48.7 Å². The molecular weight excluding hydrogens is 378 g/mol. The number of nitrogens with zero attached hydrogens (tertiary/aromatic N) is 2. The molecule has 9 nitrogen and oxygen atoms in total. The number of ether oxygens (including phenoxy) is 3. The van der Waals surface area contributed by atoms with Crippen LogP contribution in [0.3, 0.4) is 0 Å². The summed E-state index contributed by atoms with van der Waals surface area (Å²) in [4.78, 5) is 41.0. The molecule has 0 bridgehead atoms. The first-order valence-corrected chi connectivity index (χ1v) is 9.53. The van der Waals surface area contributed by atoms with Crippen LogP contribution in [-0.2, 0) is 4.79 Å². The molecule has 1 spiro atoms. The largest absolute Gasteiger partial charge is 0.493 e. The predicted octanol–water partition coefficient (Wildman–Crippen LogP) is 1.65. The van der Waals surface area contributed by atoms with Gasteiger partial charge < -0.3 is 24.4 Å².